The summed E-state index contributed by atoms with van der Waals surface area (Å²) in [5.41, 5.74) is -0.273. The average molecular weight is 490 g/mol. The molecule has 1 aliphatic heterocycles. The number of nitrogens with one attached hydrogen (secondary N) is 1. The Morgan fingerprint density at radius 1 is 1.09 bits per heavy atom. The summed E-state index contributed by atoms with van der Waals surface area (Å²) in [7, 11) is -3.74. The topological polar surface area (TPSA) is 81.8 Å². The Morgan fingerprint density at radius 2 is 1.79 bits per heavy atom. The van der Waals surface area contributed by atoms with Crippen LogP contribution in [-0.4, -0.2) is 32.9 Å². The van der Waals surface area contributed by atoms with Crippen molar-refractivity contribution in [2.75, 3.05) is 11.1 Å². The molecule has 0 bridgehead atoms. The zero-order chi connectivity index (χ0) is 24.7. The van der Waals surface area contributed by atoms with Gasteiger partial charge in [0.15, 0.2) is 17.5 Å². The van der Waals surface area contributed by atoms with Gasteiger partial charge in [-0.05, 0) is 63.9 Å². The molecule has 11 heteroatoms. The van der Waals surface area contributed by atoms with E-state index in [2.05, 4.69) is 15.5 Å². The minimum absolute atomic E-state index is 0.0436. The minimum atomic E-state index is -3.74. The van der Waals surface area contributed by atoms with Crippen LogP contribution in [0.4, 0.5) is 18.9 Å². The minimum Gasteiger partial charge on any atom is -0.369 e. The highest BCUT2D eigenvalue weighted by Crippen LogP contribution is 2.46. The maximum absolute atomic E-state index is 15.7. The largest absolute Gasteiger partial charge is 0.369 e. The fourth-order valence-corrected chi connectivity index (χ4v) is 5.66. The Labute approximate surface area is 194 Å². The Kier molecular flexibility index (Phi) is 4.68. The van der Waals surface area contributed by atoms with Crippen LogP contribution in [0.2, 0.25) is 0 Å². The molecule has 2 aromatic heterocycles. The van der Waals surface area contributed by atoms with E-state index in [9.17, 15) is 12.8 Å². The van der Waals surface area contributed by atoms with Crippen LogP contribution < -0.4 is 5.32 Å². The number of halogens is 3. The van der Waals surface area contributed by atoms with E-state index >= 15 is 8.78 Å². The van der Waals surface area contributed by atoms with Gasteiger partial charge in [-0.15, -0.1) is 10.2 Å². The van der Waals surface area contributed by atoms with Gasteiger partial charge in [0.25, 0.3) is 0 Å². The van der Waals surface area contributed by atoms with Crippen molar-refractivity contribution in [3.8, 4) is 16.8 Å². The molecule has 7 nitrogen and oxygen atoms in total. The van der Waals surface area contributed by atoms with Crippen LogP contribution in [0.3, 0.4) is 0 Å². The number of fused-ring (bicyclic) bond motifs is 4. The van der Waals surface area contributed by atoms with E-state index in [1.165, 1.54) is 19.2 Å². The summed E-state index contributed by atoms with van der Waals surface area (Å²) in [6.07, 6.45) is 1.29. The first-order chi connectivity index (χ1) is 15.9. The molecule has 0 fully saturated rings. The summed E-state index contributed by atoms with van der Waals surface area (Å²) >= 11 is 0. The monoisotopic (exact) mass is 489 g/mol. The molecule has 0 saturated carbocycles. The average Bonchev–Trinajstić information content (AvgIpc) is 3.37. The van der Waals surface area contributed by atoms with E-state index in [4.69, 9.17) is 0 Å². The van der Waals surface area contributed by atoms with Crippen molar-refractivity contribution < 1.29 is 21.6 Å². The molecule has 3 heterocycles. The highest BCUT2D eigenvalue weighted by atomic mass is 32.2. The van der Waals surface area contributed by atoms with E-state index < -0.39 is 33.0 Å². The summed E-state index contributed by atoms with van der Waals surface area (Å²) < 4.78 is 73.6. The van der Waals surface area contributed by atoms with Crippen molar-refractivity contribution in [3.63, 3.8) is 0 Å². The molecule has 5 rings (SSSR count). The zero-order valence-corrected chi connectivity index (χ0v) is 20.0. The standard InChI is InChI=1S/C23H22F3N5O2S/c1-6-34(32,33)30-8-7-14-15(9-13(24)10-16(14)30)17-11(2)21-20(19(26)18(17)25)27-23(4,5)22-29-28-12(3)31(21)22/h7-10,27H,6H2,1-5H3. The predicted molar refractivity (Wildman–Crippen MR) is 123 cm³/mol. The van der Waals surface area contributed by atoms with Crippen molar-refractivity contribution in [2.24, 2.45) is 0 Å². The molecule has 0 radical (unpaired) electrons. The van der Waals surface area contributed by atoms with Gasteiger partial charge in [0.1, 0.15) is 11.6 Å². The van der Waals surface area contributed by atoms with Crippen molar-refractivity contribution in [3.05, 3.63) is 59.1 Å². The lowest BCUT2D eigenvalue weighted by molar-refractivity contribution is 0.488. The molecular formula is C23H22F3N5O2S. The first-order valence-electron chi connectivity index (χ1n) is 10.7. The quantitative estimate of drug-likeness (QED) is 0.448. The molecule has 0 atom stereocenters. The number of rotatable bonds is 3. The lowest BCUT2D eigenvalue weighted by Crippen LogP contribution is -2.37. The third-order valence-corrected chi connectivity index (χ3v) is 7.96. The van der Waals surface area contributed by atoms with E-state index in [0.717, 1.165) is 16.1 Å². The van der Waals surface area contributed by atoms with E-state index in [1.54, 1.807) is 32.3 Å². The Morgan fingerprint density at radius 3 is 2.47 bits per heavy atom. The second-order valence-corrected chi connectivity index (χ2v) is 11.0. The number of hydrogen-bond acceptors (Lipinski definition) is 5. The normalized spacial score (nSPS) is 14.7. The van der Waals surface area contributed by atoms with Crippen LogP contribution in [-0.2, 0) is 15.6 Å². The second kappa shape index (κ2) is 7.08. The van der Waals surface area contributed by atoms with Gasteiger partial charge < -0.3 is 5.32 Å². The van der Waals surface area contributed by atoms with E-state index in [0.29, 0.717) is 22.9 Å². The summed E-state index contributed by atoms with van der Waals surface area (Å²) in [5.74, 6) is -2.27. The third-order valence-electron chi connectivity index (χ3n) is 6.31. The van der Waals surface area contributed by atoms with Gasteiger partial charge in [0, 0.05) is 17.1 Å². The maximum Gasteiger partial charge on any atom is 0.238 e. The van der Waals surface area contributed by atoms with Gasteiger partial charge in [0.05, 0.1) is 28.2 Å². The Balaban J connectivity index is 1.89. The van der Waals surface area contributed by atoms with Gasteiger partial charge in [-0.3, -0.25) is 4.57 Å². The SMILES string of the molecule is CCS(=O)(=O)n1ccc2c(-c3c(C)c4c(c(F)c3F)NC(C)(C)c3nnc(C)n3-4)cc(F)cc21. The molecule has 0 unspecified atom stereocenters. The Bertz CT molecular complexity index is 1620. The van der Waals surface area contributed by atoms with Gasteiger partial charge in [-0.2, -0.15) is 0 Å². The molecule has 0 aliphatic carbocycles. The lowest BCUT2D eigenvalue weighted by atomic mass is 9.91. The Hall–Kier alpha value is -3.34. The molecule has 4 aromatic rings. The number of nitrogens with zero attached hydrogens (tertiary/aromatic N) is 4. The van der Waals surface area contributed by atoms with Crippen LogP contribution in [0, 0.1) is 31.3 Å². The summed E-state index contributed by atoms with van der Waals surface area (Å²) in [5, 5.41) is 11.6. The highest BCUT2D eigenvalue weighted by Gasteiger charge is 2.39. The second-order valence-electron chi connectivity index (χ2n) is 8.91. The predicted octanol–water partition coefficient (Wildman–Crippen LogP) is 4.78. The van der Waals surface area contributed by atoms with Crippen molar-refractivity contribution >= 4 is 26.6 Å². The van der Waals surface area contributed by atoms with Crippen molar-refractivity contribution in [1.29, 1.82) is 0 Å². The van der Waals surface area contributed by atoms with Gasteiger partial charge in [-0.1, -0.05) is 0 Å². The van der Waals surface area contributed by atoms with Crippen molar-refractivity contribution in [1.82, 2.24) is 18.7 Å². The van der Waals surface area contributed by atoms with Crippen LogP contribution in [0.1, 0.15) is 38.0 Å². The van der Waals surface area contributed by atoms with Crippen LogP contribution in [0.15, 0.2) is 24.4 Å². The van der Waals surface area contributed by atoms with Gasteiger partial charge >= 0.3 is 0 Å². The third kappa shape index (κ3) is 2.92. The van der Waals surface area contributed by atoms with Crippen molar-refractivity contribution in [2.45, 2.75) is 40.2 Å². The van der Waals surface area contributed by atoms with E-state index in [1.807, 2.05) is 0 Å². The summed E-state index contributed by atoms with van der Waals surface area (Å²) in [6, 6.07) is 3.62. The number of benzene rings is 2. The first-order valence-corrected chi connectivity index (χ1v) is 12.3. The number of aromatic nitrogens is 4. The van der Waals surface area contributed by atoms with Crippen LogP contribution in [0.25, 0.3) is 27.7 Å². The van der Waals surface area contributed by atoms with Gasteiger partial charge in [-0.25, -0.2) is 25.6 Å². The van der Waals surface area contributed by atoms with E-state index in [-0.39, 0.29) is 33.5 Å². The maximum atomic E-state index is 15.7. The summed E-state index contributed by atoms with van der Waals surface area (Å²) in [4.78, 5) is 0. The smallest absolute Gasteiger partial charge is 0.238 e. The summed E-state index contributed by atoms with van der Waals surface area (Å²) in [6.45, 7) is 8.35. The number of anilines is 1. The number of hydrogen-bond donors (Lipinski definition) is 1. The molecule has 1 N–H and O–H groups in total. The van der Waals surface area contributed by atoms with Gasteiger partial charge in [0.2, 0.25) is 10.0 Å². The first kappa shape index (κ1) is 22.5. The fraction of sp³-hybridized carbons (Fsp3) is 0.304. The van der Waals surface area contributed by atoms with Crippen LogP contribution >= 0.6 is 0 Å². The molecule has 178 valence electrons. The molecule has 0 amide bonds. The molecule has 0 saturated heterocycles. The lowest BCUT2D eigenvalue weighted by Gasteiger charge is -2.35. The molecule has 2 aromatic carbocycles. The highest BCUT2D eigenvalue weighted by molar-refractivity contribution is 7.90. The molecule has 0 spiro atoms. The number of aryl methyl sites for hydroxylation is 1. The fourth-order valence-electron chi connectivity index (χ4n) is 4.68. The molecule has 34 heavy (non-hydrogen) atoms. The molecular weight excluding hydrogens is 467 g/mol. The molecule has 1 aliphatic rings. The zero-order valence-electron chi connectivity index (χ0n) is 19.2. The van der Waals surface area contributed by atoms with Crippen LogP contribution in [0.5, 0.6) is 0 Å².